The average molecular weight is 529 g/mol. The summed E-state index contributed by atoms with van der Waals surface area (Å²) in [5.41, 5.74) is 7.89. The number of aromatic nitrogens is 2. The molecule has 0 spiro atoms. The third kappa shape index (κ3) is 5.44. The SMILES string of the molecule is CC(C)n1c(C(F)(F)F)nc2cc(C(=O)NC3CCC(CN)(c4cccc(Cl)c4)CC3)ccc21.Cl. The van der Waals surface area contributed by atoms with E-state index in [0.29, 0.717) is 22.6 Å². The number of hydrogen-bond donors (Lipinski definition) is 2. The van der Waals surface area contributed by atoms with E-state index in [1.54, 1.807) is 19.9 Å². The van der Waals surface area contributed by atoms with E-state index < -0.39 is 18.0 Å². The van der Waals surface area contributed by atoms with Crippen molar-refractivity contribution in [1.82, 2.24) is 14.9 Å². The van der Waals surface area contributed by atoms with Gasteiger partial charge in [-0.05, 0) is 75.4 Å². The zero-order chi connectivity index (χ0) is 24.7. The summed E-state index contributed by atoms with van der Waals surface area (Å²) in [7, 11) is 0. The van der Waals surface area contributed by atoms with E-state index in [0.717, 1.165) is 35.8 Å². The quantitative estimate of drug-likeness (QED) is 0.409. The van der Waals surface area contributed by atoms with Gasteiger partial charge < -0.3 is 15.6 Å². The van der Waals surface area contributed by atoms with Crippen molar-refractivity contribution >= 4 is 40.9 Å². The predicted molar refractivity (Wildman–Crippen MR) is 134 cm³/mol. The molecule has 1 fully saturated rings. The first-order valence-corrected chi connectivity index (χ1v) is 11.8. The number of fused-ring (bicyclic) bond motifs is 1. The van der Waals surface area contributed by atoms with E-state index in [1.807, 2.05) is 24.3 Å². The number of carbonyl (C=O) groups excluding carboxylic acids is 1. The maximum Gasteiger partial charge on any atom is 0.449 e. The number of hydrogen-bond acceptors (Lipinski definition) is 3. The summed E-state index contributed by atoms with van der Waals surface area (Å²) in [6.07, 6.45) is -1.47. The van der Waals surface area contributed by atoms with Crippen molar-refractivity contribution in [3.05, 3.63) is 64.4 Å². The van der Waals surface area contributed by atoms with E-state index in [9.17, 15) is 18.0 Å². The molecule has 35 heavy (non-hydrogen) atoms. The Morgan fingerprint density at radius 2 is 1.91 bits per heavy atom. The highest BCUT2D eigenvalue weighted by molar-refractivity contribution is 6.30. The molecule has 5 nitrogen and oxygen atoms in total. The summed E-state index contributed by atoms with van der Waals surface area (Å²) in [5.74, 6) is -1.27. The topological polar surface area (TPSA) is 72.9 Å². The second-order valence-corrected chi connectivity index (χ2v) is 9.78. The van der Waals surface area contributed by atoms with E-state index in [2.05, 4.69) is 10.3 Å². The second kappa shape index (κ2) is 10.4. The Kier molecular flexibility index (Phi) is 8.09. The largest absolute Gasteiger partial charge is 0.449 e. The fraction of sp³-hybridized carbons (Fsp3) is 0.440. The van der Waals surface area contributed by atoms with Gasteiger partial charge in [0.25, 0.3) is 5.91 Å². The number of carbonyl (C=O) groups is 1. The molecule has 1 saturated carbocycles. The van der Waals surface area contributed by atoms with E-state index >= 15 is 0 Å². The van der Waals surface area contributed by atoms with Crippen molar-refractivity contribution in [2.24, 2.45) is 5.73 Å². The molecule has 2 aromatic carbocycles. The first kappa shape index (κ1) is 27.3. The molecule has 3 aromatic rings. The van der Waals surface area contributed by atoms with Gasteiger partial charge in [0, 0.05) is 34.6 Å². The zero-order valence-corrected chi connectivity index (χ0v) is 21.1. The van der Waals surface area contributed by atoms with Gasteiger partial charge in [-0.25, -0.2) is 4.98 Å². The van der Waals surface area contributed by atoms with Crippen LogP contribution in [-0.4, -0.2) is 28.0 Å². The van der Waals surface area contributed by atoms with Gasteiger partial charge in [0.1, 0.15) is 0 Å². The molecule has 0 atom stereocenters. The number of nitrogens with two attached hydrogens (primary N) is 1. The van der Waals surface area contributed by atoms with Gasteiger partial charge in [-0.3, -0.25) is 4.79 Å². The maximum atomic E-state index is 13.5. The van der Waals surface area contributed by atoms with Crippen molar-refractivity contribution in [2.45, 2.75) is 63.2 Å². The molecule has 0 aliphatic heterocycles. The minimum absolute atomic E-state index is 0. The lowest BCUT2D eigenvalue weighted by Gasteiger charge is -2.40. The van der Waals surface area contributed by atoms with Crippen molar-refractivity contribution in [1.29, 1.82) is 0 Å². The summed E-state index contributed by atoms with van der Waals surface area (Å²) in [5, 5.41) is 3.71. The van der Waals surface area contributed by atoms with E-state index in [4.69, 9.17) is 17.3 Å². The normalized spacial score (nSPS) is 20.6. The average Bonchev–Trinajstić information content (AvgIpc) is 3.19. The minimum Gasteiger partial charge on any atom is -0.349 e. The Balaban J connectivity index is 0.00000342. The van der Waals surface area contributed by atoms with Crippen LogP contribution in [0.3, 0.4) is 0 Å². The lowest BCUT2D eigenvalue weighted by Crippen LogP contribution is -2.45. The fourth-order valence-electron chi connectivity index (χ4n) is 4.98. The second-order valence-electron chi connectivity index (χ2n) is 9.34. The molecule has 1 aromatic heterocycles. The molecule has 190 valence electrons. The van der Waals surface area contributed by atoms with Gasteiger partial charge in [0.05, 0.1) is 11.0 Å². The number of nitrogens with one attached hydrogen (secondary N) is 1. The number of halogens is 5. The molecule has 3 N–H and O–H groups in total. The monoisotopic (exact) mass is 528 g/mol. The minimum atomic E-state index is -4.58. The molecule has 1 aliphatic rings. The van der Waals surface area contributed by atoms with E-state index in [1.165, 1.54) is 12.1 Å². The Bertz CT molecular complexity index is 1200. The Morgan fingerprint density at radius 1 is 1.23 bits per heavy atom. The molecule has 1 heterocycles. The zero-order valence-electron chi connectivity index (χ0n) is 19.5. The molecule has 1 aliphatic carbocycles. The standard InChI is InChI=1S/C25H28ClF3N4O.ClH/c1-15(2)33-21-7-6-16(12-20(21)32-23(33)25(27,28)29)22(34)31-19-8-10-24(14-30,11-9-19)17-4-3-5-18(26)13-17;/h3-7,12-13,15,19H,8-11,14,30H2,1-2H3,(H,31,34);1H. The molecule has 0 saturated heterocycles. The van der Waals surface area contributed by atoms with Crippen molar-refractivity contribution in [2.75, 3.05) is 6.54 Å². The summed E-state index contributed by atoms with van der Waals surface area (Å²) >= 11 is 6.18. The molecule has 0 bridgehead atoms. The van der Waals surface area contributed by atoms with Crippen LogP contribution in [0.4, 0.5) is 13.2 Å². The number of benzene rings is 2. The van der Waals surface area contributed by atoms with Crippen LogP contribution < -0.4 is 11.1 Å². The first-order valence-electron chi connectivity index (χ1n) is 11.4. The van der Waals surface area contributed by atoms with Gasteiger partial charge in [-0.2, -0.15) is 13.2 Å². The summed E-state index contributed by atoms with van der Waals surface area (Å²) in [6, 6.07) is 11.8. The molecule has 10 heteroatoms. The lowest BCUT2D eigenvalue weighted by molar-refractivity contribution is -0.147. The number of alkyl halides is 3. The summed E-state index contributed by atoms with van der Waals surface area (Å²) in [4.78, 5) is 16.7. The van der Waals surface area contributed by atoms with Gasteiger partial charge in [-0.15, -0.1) is 12.4 Å². The van der Waals surface area contributed by atoms with Gasteiger partial charge in [0.15, 0.2) is 0 Å². The fourth-order valence-corrected chi connectivity index (χ4v) is 5.17. The summed E-state index contributed by atoms with van der Waals surface area (Å²) in [6.45, 7) is 3.83. The highest BCUT2D eigenvalue weighted by Crippen LogP contribution is 2.40. The van der Waals surface area contributed by atoms with Crippen LogP contribution in [0, 0.1) is 0 Å². The highest BCUT2D eigenvalue weighted by Gasteiger charge is 2.39. The van der Waals surface area contributed by atoms with Crippen LogP contribution >= 0.6 is 24.0 Å². The third-order valence-corrected chi connectivity index (χ3v) is 7.06. The molecule has 0 unspecified atom stereocenters. The van der Waals surface area contributed by atoms with Crippen LogP contribution in [0.5, 0.6) is 0 Å². The highest BCUT2D eigenvalue weighted by atomic mass is 35.5. The van der Waals surface area contributed by atoms with Crippen molar-refractivity contribution in [3.8, 4) is 0 Å². The number of nitrogens with zero attached hydrogens (tertiary/aromatic N) is 2. The Labute approximate surface area is 213 Å². The first-order chi connectivity index (χ1) is 16.0. The van der Waals surface area contributed by atoms with Gasteiger partial charge >= 0.3 is 6.18 Å². The van der Waals surface area contributed by atoms with Crippen LogP contribution in [0.15, 0.2) is 42.5 Å². The smallest absolute Gasteiger partial charge is 0.349 e. The number of amides is 1. The molecular formula is C25H29Cl2F3N4O. The third-order valence-electron chi connectivity index (χ3n) is 6.83. The van der Waals surface area contributed by atoms with Crippen LogP contribution in [0.2, 0.25) is 5.02 Å². The molecular weight excluding hydrogens is 500 g/mol. The maximum absolute atomic E-state index is 13.5. The predicted octanol–water partition coefficient (Wildman–Crippen LogP) is 6.28. The van der Waals surface area contributed by atoms with Crippen molar-refractivity contribution in [3.63, 3.8) is 0 Å². The summed E-state index contributed by atoms with van der Waals surface area (Å²) < 4.78 is 41.6. The van der Waals surface area contributed by atoms with Gasteiger partial charge in [-0.1, -0.05) is 23.7 Å². The van der Waals surface area contributed by atoms with Crippen LogP contribution in [0.25, 0.3) is 11.0 Å². The van der Waals surface area contributed by atoms with Crippen molar-refractivity contribution < 1.29 is 18.0 Å². The van der Waals surface area contributed by atoms with Crippen LogP contribution in [-0.2, 0) is 11.6 Å². The molecule has 0 radical (unpaired) electrons. The lowest BCUT2D eigenvalue weighted by atomic mass is 9.68. The Morgan fingerprint density at radius 3 is 2.49 bits per heavy atom. The Hall–Kier alpha value is -2.29. The number of imidazole rings is 1. The van der Waals surface area contributed by atoms with Crippen LogP contribution in [0.1, 0.15) is 67.3 Å². The van der Waals surface area contributed by atoms with Gasteiger partial charge in [0.2, 0.25) is 5.82 Å². The molecule has 4 rings (SSSR count). The van der Waals surface area contributed by atoms with E-state index in [-0.39, 0.29) is 35.3 Å². The number of rotatable bonds is 5. The molecule has 1 amide bonds.